The summed E-state index contributed by atoms with van der Waals surface area (Å²) in [5.74, 6) is 0.0805. The first kappa shape index (κ1) is 16.1. The van der Waals surface area contributed by atoms with Crippen LogP contribution in [0.2, 0.25) is 5.02 Å². The quantitative estimate of drug-likeness (QED) is 0.769. The van der Waals surface area contributed by atoms with Crippen molar-refractivity contribution in [3.8, 4) is 11.4 Å². The highest BCUT2D eigenvalue weighted by molar-refractivity contribution is 6.33. The SMILES string of the molecule is O=C(Cc1ccc(F)cc1)NCc1nc(-c2ccccc2Cl)no1. The van der Waals surface area contributed by atoms with Crippen molar-refractivity contribution in [2.24, 2.45) is 0 Å². The summed E-state index contributed by atoms with van der Waals surface area (Å²) in [6.07, 6.45) is 0.145. The van der Waals surface area contributed by atoms with Gasteiger partial charge in [-0.05, 0) is 29.8 Å². The van der Waals surface area contributed by atoms with Crippen molar-refractivity contribution < 1.29 is 13.7 Å². The standard InChI is InChI=1S/C17H13ClFN3O2/c18-14-4-2-1-3-13(14)17-21-16(24-22-17)10-20-15(23)9-11-5-7-12(19)8-6-11/h1-8H,9-10H2,(H,20,23). The Labute approximate surface area is 142 Å². The molecule has 1 amide bonds. The van der Waals surface area contributed by atoms with Crippen LogP contribution in [0.4, 0.5) is 4.39 Å². The number of amides is 1. The lowest BCUT2D eigenvalue weighted by atomic mass is 10.1. The van der Waals surface area contributed by atoms with Gasteiger partial charge in [-0.1, -0.05) is 41.0 Å². The van der Waals surface area contributed by atoms with Crippen LogP contribution in [0.25, 0.3) is 11.4 Å². The molecule has 0 unspecified atom stereocenters. The molecule has 0 aliphatic carbocycles. The minimum atomic E-state index is -0.336. The molecule has 7 heteroatoms. The van der Waals surface area contributed by atoms with E-state index in [9.17, 15) is 9.18 Å². The number of benzene rings is 2. The summed E-state index contributed by atoms with van der Waals surface area (Å²) < 4.78 is 17.9. The Morgan fingerprint density at radius 3 is 2.67 bits per heavy atom. The summed E-state index contributed by atoms with van der Waals surface area (Å²) in [6, 6.07) is 12.9. The maximum atomic E-state index is 12.8. The largest absolute Gasteiger partial charge is 0.347 e. The molecular weight excluding hydrogens is 333 g/mol. The van der Waals surface area contributed by atoms with E-state index >= 15 is 0 Å². The van der Waals surface area contributed by atoms with Gasteiger partial charge in [-0.3, -0.25) is 4.79 Å². The summed E-state index contributed by atoms with van der Waals surface area (Å²) >= 11 is 6.08. The summed E-state index contributed by atoms with van der Waals surface area (Å²) in [5, 5.41) is 7.05. The first-order valence-electron chi connectivity index (χ1n) is 7.20. The van der Waals surface area contributed by atoms with E-state index in [1.807, 2.05) is 12.1 Å². The van der Waals surface area contributed by atoms with Gasteiger partial charge in [0.25, 0.3) is 0 Å². The predicted molar refractivity (Wildman–Crippen MR) is 86.7 cm³/mol. The summed E-state index contributed by atoms with van der Waals surface area (Å²) in [7, 11) is 0. The van der Waals surface area contributed by atoms with Gasteiger partial charge in [-0.2, -0.15) is 4.98 Å². The molecule has 0 saturated carbocycles. The van der Waals surface area contributed by atoms with Gasteiger partial charge in [0, 0.05) is 5.56 Å². The van der Waals surface area contributed by atoms with Crippen LogP contribution in [0.1, 0.15) is 11.5 Å². The van der Waals surface area contributed by atoms with Crippen molar-refractivity contribution in [1.82, 2.24) is 15.5 Å². The average molecular weight is 346 g/mol. The van der Waals surface area contributed by atoms with Gasteiger partial charge in [0.1, 0.15) is 5.82 Å². The van der Waals surface area contributed by atoms with Crippen LogP contribution in [-0.2, 0) is 17.8 Å². The second-order valence-electron chi connectivity index (χ2n) is 5.07. The highest BCUT2D eigenvalue weighted by Crippen LogP contribution is 2.24. The van der Waals surface area contributed by atoms with Gasteiger partial charge in [0.05, 0.1) is 18.0 Å². The zero-order valence-electron chi connectivity index (χ0n) is 12.5. The molecule has 1 aromatic heterocycles. The minimum absolute atomic E-state index is 0.109. The zero-order valence-corrected chi connectivity index (χ0v) is 13.3. The molecule has 0 atom stereocenters. The van der Waals surface area contributed by atoms with E-state index in [-0.39, 0.29) is 30.6 Å². The molecule has 0 bridgehead atoms. The lowest BCUT2D eigenvalue weighted by Crippen LogP contribution is -2.24. The number of carbonyl (C=O) groups is 1. The van der Waals surface area contributed by atoms with Crippen molar-refractivity contribution in [3.05, 3.63) is 70.8 Å². The fourth-order valence-corrected chi connectivity index (χ4v) is 2.32. The van der Waals surface area contributed by atoms with Crippen LogP contribution < -0.4 is 5.32 Å². The number of hydrogen-bond donors (Lipinski definition) is 1. The molecule has 5 nitrogen and oxygen atoms in total. The van der Waals surface area contributed by atoms with Crippen LogP contribution in [0.3, 0.4) is 0 Å². The third-order valence-corrected chi connectivity index (χ3v) is 3.63. The van der Waals surface area contributed by atoms with Crippen LogP contribution in [0.15, 0.2) is 53.1 Å². The number of nitrogens with zero attached hydrogens (tertiary/aromatic N) is 2. The van der Waals surface area contributed by atoms with Gasteiger partial charge < -0.3 is 9.84 Å². The summed E-state index contributed by atoms with van der Waals surface area (Å²) in [6.45, 7) is 0.109. The zero-order chi connectivity index (χ0) is 16.9. The molecule has 1 N–H and O–H groups in total. The summed E-state index contributed by atoms with van der Waals surface area (Å²) in [4.78, 5) is 16.1. The molecule has 3 rings (SSSR count). The molecule has 0 spiro atoms. The highest BCUT2D eigenvalue weighted by Gasteiger charge is 2.12. The lowest BCUT2D eigenvalue weighted by Gasteiger charge is -2.02. The first-order valence-corrected chi connectivity index (χ1v) is 7.58. The Balaban J connectivity index is 1.58. The van der Waals surface area contributed by atoms with Crippen LogP contribution >= 0.6 is 11.6 Å². The number of aromatic nitrogens is 2. The Kier molecular flexibility index (Phi) is 4.86. The van der Waals surface area contributed by atoms with E-state index in [1.54, 1.807) is 24.3 Å². The van der Waals surface area contributed by atoms with E-state index < -0.39 is 0 Å². The predicted octanol–water partition coefficient (Wildman–Crippen LogP) is 3.39. The Morgan fingerprint density at radius 2 is 1.92 bits per heavy atom. The molecule has 24 heavy (non-hydrogen) atoms. The highest BCUT2D eigenvalue weighted by atomic mass is 35.5. The van der Waals surface area contributed by atoms with Crippen molar-refractivity contribution in [2.75, 3.05) is 0 Å². The number of rotatable bonds is 5. The van der Waals surface area contributed by atoms with E-state index in [1.165, 1.54) is 12.1 Å². The molecule has 1 heterocycles. The van der Waals surface area contributed by atoms with Crippen molar-refractivity contribution in [1.29, 1.82) is 0 Å². The molecule has 0 aliphatic heterocycles. The van der Waals surface area contributed by atoms with Gasteiger partial charge in [0.15, 0.2) is 0 Å². The van der Waals surface area contributed by atoms with Crippen molar-refractivity contribution in [2.45, 2.75) is 13.0 Å². The van der Waals surface area contributed by atoms with Crippen molar-refractivity contribution in [3.63, 3.8) is 0 Å². The first-order chi connectivity index (χ1) is 11.6. The number of hydrogen-bond acceptors (Lipinski definition) is 4. The van der Waals surface area contributed by atoms with Crippen LogP contribution in [0, 0.1) is 5.82 Å². The van der Waals surface area contributed by atoms with E-state index in [2.05, 4.69) is 15.5 Å². The second kappa shape index (κ2) is 7.23. The Bertz CT molecular complexity index is 849. The number of halogens is 2. The average Bonchev–Trinajstić information content (AvgIpc) is 3.04. The van der Waals surface area contributed by atoms with E-state index in [0.717, 1.165) is 5.56 Å². The smallest absolute Gasteiger partial charge is 0.246 e. The fraction of sp³-hybridized carbons (Fsp3) is 0.118. The van der Waals surface area contributed by atoms with Gasteiger partial charge >= 0.3 is 0 Å². The molecule has 122 valence electrons. The monoisotopic (exact) mass is 345 g/mol. The van der Waals surface area contributed by atoms with Crippen molar-refractivity contribution >= 4 is 17.5 Å². The van der Waals surface area contributed by atoms with Gasteiger partial charge in [0.2, 0.25) is 17.6 Å². The third-order valence-electron chi connectivity index (χ3n) is 3.30. The molecule has 0 fully saturated rings. The molecular formula is C17H13ClFN3O2. The van der Waals surface area contributed by atoms with Crippen LogP contribution in [0.5, 0.6) is 0 Å². The van der Waals surface area contributed by atoms with Gasteiger partial charge in [-0.15, -0.1) is 0 Å². The second-order valence-corrected chi connectivity index (χ2v) is 5.48. The Hall–Kier alpha value is -2.73. The minimum Gasteiger partial charge on any atom is -0.347 e. The molecule has 0 radical (unpaired) electrons. The lowest BCUT2D eigenvalue weighted by molar-refractivity contribution is -0.120. The summed E-state index contributed by atoms with van der Waals surface area (Å²) in [5.41, 5.74) is 1.38. The molecule has 2 aromatic carbocycles. The van der Waals surface area contributed by atoms with E-state index in [4.69, 9.17) is 16.1 Å². The maximum absolute atomic E-state index is 12.8. The molecule has 3 aromatic rings. The molecule has 0 aliphatic rings. The number of carbonyl (C=O) groups excluding carboxylic acids is 1. The topological polar surface area (TPSA) is 68.0 Å². The van der Waals surface area contributed by atoms with E-state index in [0.29, 0.717) is 16.4 Å². The number of nitrogens with one attached hydrogen (secondary N) is 1. The van der Waals surface area contributed by atoms with Crippen LogP contribution in [-0.4, -0.2) is 16.0 Å². The third kappa shape index (κ3) is 3.97. The normalized spacial score (nSPS) is 10.6. The molecule has 0 saturated heterocycles. The maximum Gasteiger partial charge on any atom is 0.246 e. The Morgan fingerprint density at radius 1 is 1.17 bits per heavy atom. The van der Waals surface area contributed by atoms with Gasteiger partial charge in [-0.25, -0.2) is 4.39 Å². The fourth-order valence-electron chi connectivity index (χ4n) is 2.10.